The average Bonchev–Trinajstić information content (AvgIpc) is 2.88. The Morgan fingerprint density at radius 3 is 3.17 bits per heavy atom. The maximum atomic E-state index is 12.3. The summed E-state index contributed by atoms with van der Waals surface area (Å²) in [6.07, 6.45) is 6.83. The summed E-state index contributed by atoms with van der Waals surface area (Å²) in [5.74, 6) is 1.22. The highest BCUT2D eigenvalue weighted by atomic mass is 16.5. The fourth-order valence-corrected chi connectivity index (χ4v) is 2.82. The number of rotatable bonds is 2. The number of ether oxygens (including phenoxy) is 1. The molecule has 3 aromatic rings. The molecule has 6 heteroatoms. The van der Waals surface area contributed by atoms with Gasteiger partial charge in [-0.15, -0.1) is 0 Å². The summed E-state index contributed by atoms with van der Waals surface area (Å²) in [5.41, 5.74) is 1.61. The van der Waals surface area contributed by atoms with E-state index in [9.17, 15) is 4.79 Å². The van der Waals surface area contributed by atoms with E-state index in [-0.39, 0.29) is 5.56 Å². The van der Waals surface area contributed by atoms with Crippen LogP contribution in [0, 0.1) is 0 Å². The van der Waals surface area contributed by atoms with E-state index in [0.29, 0.717) is 11.1 Å². The Hall–Kier alpha value is -2.89. The zero-order valence-corrected chi connectivity index (χ0v) is 12.7. The zero-order valence-electron chi connectivity index (χ0n) is 12.7. The number of H-pyrrole nitrogens is 1. The van der Waals surface area contributed by atoms with Gasteiger partial charge in [-0.2, -0.15) is 9.61 Å². The second-order valence-corrected chi connectivity index (χ2v) is 5.54. The number of aromatic nitrogens is 4. The molecule has 0 saturated carbocycles. The van der Waals surface area contributed by atoms with Crippen LogP contribution in [0.2, 0.25) is 0 Å². The van der Waals surface area contributed by atoms with Gasteiger partial charge in [0.25, 0.3) is 5.56 Å². The Bertz CT molecular complexity index is 1060. The standard InChI is InChI=1S/C17H16N4O2/c1-23-12-6-4-5-11(9-12)10-15-16(22)19-17-18-13-7-2-3-8-14(13)20-21(15)17/h4-7,9-10H,2-3,8H2,1H3,(H,18,19,22)/b15-10+. The summed E-state index contributed by atoms with van der Waals surface area (Å²) in [7, 11) is 1.62. The minimum Gasteiger partial charge on any atom is -0.497 e. The van der Waals surface area contributed by atoms with E-state index in [1.165, 1.54) is 0 Å². The maximum Gasteiger partial charge on any atom is 0.276 e. The first-order valence-electron chi connectivity index (χ1n) is 7.58. The Morgan fingerprint density at radius 1 is 1.39 bits per heavy atom. The van der Waals surface area contributed by atoms with Crippen molar-refractivity contribution in [1.29, 1.82) is 0 Å². The van der Waals surface area contributed by atoms with Crippen molar-refractivity contribution >= 4 is 17.9 Å². The molecule has 0 unspecified atom stereocenters. The molecular formula is C17H16N4O2. The Labute approximate surface area is 131 Å². The molecule has 0 amide bonds. The third-order valence-electron chi connectivity index (χ3n) is 3.98. The fourth-order valence-electron chi connectivity index (χ4n) is 2.82. The average molecular weight is 308 g/mol. The van der Waals surface area contributed by atoms with Gasteiger partial charge in [0.05, 0.1) is 18.2 Å². The maximum absolute atomic E-state index is 12.3. The van der Waals surface area contributed by atoms with Gasteiger partial charge in [-0.3, -0.25) is 9.78 Å². The SMILES string of the molecule is COc1cccc(/C=c2\c(=O)[nH]c3nc4c(nn23)CCCC=4)c1. The van der Waals surface area contributed by atoms with Crippen molar-refractivity contribution in [2.45, 2.75) is 19.3 Å². The third kappa shape index (κ3) is 2.42. The lowest BCUT2D eigenvalue weighted by atomic mass is 10.1. The van der Waals surface area contributed by atoms with E-state index < -0.39 is 0 Å². The zero-order chi connectivity index (χ0) is 15.8. The molecule has 1 aliphatic carbocycles. The summed E-state index contributed by atoms with van der Waals surface area (Å²) < 4.78 is 6.82. The molecule has 0 saturated heterocycles. The number of methoxy groups -OCH3 is 1. The first-order valence-corrected chi connectivity index (χ1v) is 7.58. The fraction of sp³-hybridized carbons (Fsp3) is 0.235. The molecule has 116 valence electrons. The van der Waals surface area contributed by atoms with Crippen molar-refractivity contribution in [3.63, 3.8) is 0 Å². The lowest BCUT2D eigenvalue weighted by Gasteiger charge is -2.06. The summed E-state index contributed by atoms with van der Waals surface area (Å²) in [6.45, 7) is 0. The Kier molecular flexibility index (Phi) is 3.22. The number of nitrogens with zero attached hydrogens (tertiary/aromatic N) is 3. The third-order valence-corrected chi connectivity index (χ3v) is 3.98. The summed E-state index contributed by atoms with van der Waals surface area (Å²) in [6, 6.07) is 7.54. The van der Waals surface area contributed by atoms with Crippen LogP contribution in [0.5, 0.6) is 5.75 Å². The Balaban J connectivity index is 1.97. The molecule has 0 atom stereocenters. The Morgan fingerprint density at radius 2 is 2.30 bits per heavy atom. The van der Waals surface area contributed by atoms with Crippen molar-refractivity contribution in [2.75, 3.05) is 7.11 Å². The first-order chi connectivity index (χ1) is 11.2. The van der Waals surface area contributed by atoms with Gasteiger partial charge in [0, 0.05) is 0 Å². The molecular weight excluding hydrogens is 292 g/mol. The van der Waals surface area contributed by atoms with Gasteiger partial charge in [-0.1, -0.05) is 18.2 Å². The lowest BCUT2D eigenvalue weighted by Crippen LogP contribution is -2.30. The highest BCUT2D eigenvalue weighted by Gasteiger charge is 2.10. The van der Waals surface area contributed by atoms with Gasteiger partial charge < -0.3 is 4.74 Å². The summed E-state index contributed by atoms with van der Waals surface area (Å²) in [5, 5.41) is 5.95. The van der Waals surface area contributed by atoms with E-state index in [1.54, 1.807) is 17.7 Å². The van der Waals surface area contributed by atoms with Gasteiger partial charge in [0.2, 0.25) is 5.78 Å². The molecule has 0 fully saturated rings. The van der Waals surface area contributed by atoms with Crippen molar-refractivity contribution in [2.24, 2.45) is 0 Å². The second kappa shape index (κ2) is 5.39. The lowest BCUT2D eigenvalue weighted by molar-refractivity contribution is 0.414. The molecule has 2 aromatic heterocycles. The first kappa shape index (κ1) is 13.8. The van der Waals surface area contributed by atoms with Crippen molar-refractivity contribution in [1.82, 2.24) is 19.6 Å². The van der Waals surface area contributed by atoms with Gasteiger partial charge >= 0.3 is 0 Å². The normalized spacial score (nSPS) is 14.6. The van der Waals surface area contributed by atoms with Crippen LogP contribution in [0.15, 0.2) is 29.1 Å². The van der Waals surface area contributed by atoms with Gasteiger partial charge in [-0.25, -0.2) is 4.98 Å². The number of benzene rings is 1. The largest absolute Gasteiger partial charge is 0.497 e. The molecule has 1 aliphatic rings. The number of imidazole rings is 1. The van der Waals surface area contributed by atoms with Crippen LogP contribution in [-0.2, 0) is 6.42 Å². The second-order valence-electron chi connectivity index (χ2n) is 5.54. The van der Waals surface area contributed by atoms with Gasteiger partial charge in [-0.05, 0) is 43.0 Å². The predicted molar refractivity (Wildman–Crippen MR) is 86.8 cm³/mol. The number of aryl methyl sites for hydroxylation is 1. The molecule has 0 bridgehead atoms. The van der Waals surface area contributed by atoms with E-state index in [1.807, 2.05) is 24.3 Å². The van der Waals surface area contributed by atoms with E-state index in [4.69, 9.17) is 4.74 Å². The molecule has 4 rings (SSSR count). The summed E-state index contributed by atoms with van der Waals surface area (Å²) in [4.78, 5) is 19.6. The van der Waals surface area contributed by atoms with E-state index in [0.717, 1.165) is 41.6 Å². The number of aromatic amines is 1. The summed E-state index contributed by atoms with van der Waals surface area (Å²) >= 11 is 0. The van der Waals surface area contributed by atoms with E-state index >= 15 is 0 Å². The van der Waals surface area contributed by atoms with Crippen LogP contribution in [-0.4, -0.2) is 26.7 Å². The van der Waals surface area contributed by atoms with Crippen molar-refractivity contribution in [3.05, 3.63) is 56.6 Å². The van der Waals surface area contributed by atoms with Crippen LogP contribution >= 0.6 is 0 Å². The molecule has 2 heterocycles. The number of hydrogen-bond acceptors (Lipinski definition) is 4. The van der Waals surface area contributed by atoms with Crippen LogP contribution in [0.1, 0.15) is 24.1 Å². The molecule has 6 nitrogen and oxygen atoms in total. The van der Waals surface area contributed by atoms with Crippen molar-refractivity contribution < 1.29 is 4.74 Å². The highest BCUT2D eigenvalue weighted by molar-refractivity contribution is 5.51. The number of hydrogen-bond donors (Lipinski definition) is 1. The topological polar surface area (TPSA) is 72.3 Å². The molecule has 23 heavy (non-hydrogen) atoms. The molecule has 0 aliphatic heterocycles. The number of nitrogens with one attached hydrogen (secondary N) is 1. The van der Waals surface area contributed by atoms with Gasteiger partial charge in [0.1, 0.15) is 11.1 Å². The van der Waals surface area contributed by atoms with Crippen LogP contribution < -0.4 is 21.0 Å². The van der Waals surface area contributed by atoms with E-state index in [2.05, 4.69) is 21.1 Å². The smallest absolute Gasteiger partial charge is 0.276 e. The minimum atomic E-state index is -0.199. The van der Waals surface area contributed by atoms with Crippen molar-refractivity contribution in [3.8, 4) is 5.75 Å². The highest BCUT2D eigenvalue weighted by Crippen LogP contribution is 2.12. The quantitative estimate of drug-likeness (QED) is 0.742. The molecule has 1 N–H and O–H groups in total. The van der Waals surface area contributed by atoms with Crippen LogP contribution in [0.4, 0.5) is 0 Å². The molecule has 0 radical (unpaired) electrons. The molecule has 1 aromatic carbocycles. The number of fused-ring (bicyclic) bond motifs is 2. The molecule has 0 spiro atoms. The van der Waals surface area contributed by atoms with Gasteiger partial charge in [0.15, 0.2) is 0 Å². The monoisotopic (exact) mass is 308 g/mol. The minimum absolute atomic E-state index is 0.199. The predicted octanol–water partition coefficient (Wildman–Crippen LogP) is 0.372. The van der Waals surface area contributed by atoms with Crippen LogP contribution in [0.25, 0.3) is 17.9 Å². The van der Waals surface area contributed by atoms with Crippen LogP contribution in [0.3, 0.4) is 0 Å².